The average molecular weight is 563 g/mol. The van der Waals surface area contributed by atoms with Gasteiger partial charge in [-0.3, -0.25) is 4.57 Å². The Morgan fingerprint density at radius 1 is 0.762 bits per heavy atom. The molecule has 2 aromatic carbocycles. The first-order valence-corrected chi connectivity index (χ1v) is 14.3. The van der Waals surface area contributed by atoms with E-state index in [1.807, 2.05) is 23.0 Å². The molecule has 1 fully saturated rings. The van der Waals surface area contributed by atoms with Crippen molar-refractivity contribution in [2.45, 2.75) is 38.3 Å². The van der Waals surface area contributed by atoms with Crippen molar-refractivity contribution in [3.05, 3.63) is 85.0 Å². The average Bonchev–Trinajstić information content (AvgIpc) is 3.71. The van der Waals surface area contributed by atoms with E-state index in [2.05, 4.69) is 71.3 Å². The lowest BCUT2D eigenvalue weighted by Gasteiger charge is -2.23. The molecular formula is C31H34N10O. The summed E-state index contributed by atoms with van der Waals surface area (Å²) in [7, 11) is 0. The maximum Gasteiger partial charge on any atom is 0.181 e. The highest BCUT2D eigenvalue weighted by atomic mass is 16.5. The van der Waals surface area contributed by atoms with Crippen molar-refractivity contribution in [2.75, 3.05) is 19.7 Å². The van der Waals surface area contributed by atoms with Crippen LogP contribution in [0.3, 0.4) is 0 Å². The summed E-state index contributed by atoms with van der Waals surface area (Å²) in [6.07, 6.45) is 11.7. The second kappa shape index (κ2) is 12.9. The minimum atomic E-state index is 0.0263. The zero-order valence-corrected chi connectivity index (χ0v) is 23.4. The number of H-pyrrole nitrogens is 1. The minimum Gasteiger partial charge on any atom is -0.358 e. The molecule has 1 aliphatic heterocycles. The predicted molar refractivity (Wildman–Crippen MR) is 162 cm³/mol. The van der Waals surface area contributed by atoms with Gasteiger partial charge in [-0.25, -0.2) is 29.9 Å². The Morgan fingerprint density at radius 3 is 2.10 bits per heavy atom. The molecule has 5 N–H and O–H groups in total. The fraction of sp³-hybridized carbons (Fsp3) is 0.290. The number of imidazole rings is 2. The molecule has 1 unspecified atom stereocenters. The van der Waals surface area contributed by atoms with E-state index in [9.17, 15) is 0 Å². The van der Waals surface area contributed by atoms with Crippen molar-refractivity contribution >= 4 is 22.3 Å². The number of ether oxygens (including phenoxy) is 1. The lowest BCUT2D eigenvalue weighted by Crippen LogP contribution is -2.17. The zero-order valence-electron chi connectivity index (χ0n) is 23.4. The van der Waals surface area contributed by atoms with Crippen LogP contribution >= 0.6 is 0 Å². The first-order valence-electron chi connectivity index (χ1n) is 14.3. The monoisotopic (exact) mass is 562 g/mol. The van der Waals surface area contributed by atoms with Crippen LogP contribution in [-0.2, 0) is 17.6 Å². The normalized spacial score (nSPS) is 15.0. The molecule has 0 spiro atoms. The van der Waals surface area contributed by atoms with Crippen molar-refractivity contribution in [1.82, 2.24) is 39.5 Å². The third-order valence-electron chi connectivity index (χ3n) is 7.37. The van der Waals surface area contributed by atoms with Gasteiger partial charge in [0.25, 0.3) is 0 Å². The maximum absolute atomic E-state index is 5.87. The number of nitrogens with two attached hydrogens (primary N) is 2. The van der Waals surface area contributed by atoms with Crippen molar-refractivity contribution in [2.24, 2.45) is 11.5 Å². The van der Waals surface area contributed by atoms with E-state index in [-0.39, 0.29) is 6.23 Å². The molecule has 1 atom stereocenters. The number of nitrogens with zero attached hydrogens (tertiary/aromatic N) is 7. The van der Waals surface area contributed by atoms with Gasteiger partial charge in [0.05, 0.1) is 18.3 Å². The number of aromatic amines is 1. The lowest BCUT2D eigenvalue weighted by atomic mass is 10.1. The van der Waals surface area contributed by atoms with E-state index in [1.165, 1.54) is 23.9 Å². The van der Waals surface area contributed by atoms with Gasteiger partial charge in [0.15, 0.2) is 11.3 Å². The van der Waals surface area contributed by atoms with Crippen molar-refractivity contribution in [3.8, 4) is 22.5 Å². The van der Waals surface area contributed by atoms with Gasteiger partial charge in [-0.2, -0.15) is 0 Å². The summed E-state index contributed by atoms with van der Waals surface area (Å²) in [6, 6.07) is 16.6. The molecule has 4 aromatic heterocycles. The Morgan fingerprint density at radius 2 is 1.43 bits per heavy atom. The Balaban J connectivity index is 0.000000157. The number of fused-ring (bicyclic) bond motifs is 2. The summed E-state index contributed by atoms with van der Waals surface area (Å²) in [5, 5.41) is 0. The molecule has 0 amide bonds. The first-order chi connectivity index (χ1) is 20.7. The van der Waals surface area contributed by atoms with Gasteiger partial charge in [0, 0.05) is 17.7 Å². The molecule has 11 nitrogen and oxygen atoms in total. The second-order valence-electron chi connectivity index (χ2n) is 10.2. The molecule has 42 heavy (non-hydrogen) atoms. The first kappa shape index (κ1) is 27.6. The molecule has 1 aliphatic rings. The molecule has 1 saturated heterocycles. The predicted octanol–water partition coefficient (Wildman–Crippen LogP) is 4.21. The molecule has 0 bridgehead atoms. The zero-order chi connectivity index (χ0) is 28.7. The second-order valence-corrected chi connectivity index (χ2v) is 10.2. The van der Waals surface area contributed by atoms with E-state index < -0.39 is 0 Å². The number of hydrogen-bond acceptors (Lipinski definition) is 9. The van der Waals surface area contributed by atoms with E-state index in [4.69, 9.17) is 16.2 Å². The number of hydrogen-bond donors (Lipinski definition) is 3. The molecule has 6 aromatic rings. The van der Waals surface area contributed by atoms with E-state index in [0.29, 0.717) is 18.7 Å². The van der Waals surface area contributed by atoms with Crippen LogP contribution in [0.2, 0.25) is 0 Å². The quantitative estimate of drug-likeness (QED) is 0.259. The molecule has 0 saturated carbocycles. The summed E-state index contributed by atoms with van der Waals surface area (Å²) in [4.78, 5) is 29.1. The van der Waals surface area contributed by atoms with Crippen LogP contribution in [0.5, 0.6) is 0 Å². The van der Waals surface area contributed by atoms with E-state index >= 15 is 0 Å². The van der Waals surface area contributed by atoms with Gasteiger partial charge >= 0.3 is 0 Å². The Kier molecular flexibility index (Phi) is 8.50. The minimum absolute atomic E-state index is 0.0263. The number of nitrogens with one attached hydrogen (secondary N) is 1. The van der Waals surface area contributed by atoms with Gasteiger partial charge in [-0.05, 0) is 56.3 Å². The summed E-state index contributed by atoms with van der Waals surface area (Å²) in [5.41, 5.74) is 20.6. The molecule has 11 heteroatoms. The Labute approximate surface area is 243 Å². The van der Waals surface area contributed by atoms with Gasteiger partial charge in [0.2, 0.25) is 0 Å². The smallest absolute Gasteiger partial charge is 0.181 e. The number of benzene rings is 2. The van der Waals surface area contributed by atoms with Crippen molar-refractivity contribution < 1.29 is 4.74 Å². The van der Waals surface area contributed by atoms with Crippen LogP contribution in [0.1, 0.15) is 36.6 Å². The molecule has 7 rings (SSSR count). The fourth-order valence-corrected chi connectivity index (χ4v) is 5.19. The van der Waals surface area contributed by atoms with Crippen LogP contribution in [0.25, 0.3) is 44.8 Å². The molecule has 0 radical (unpaired) electrons. The van der Waals surface area contributed by atoms with E-state index in [1.54, 1.807) is 12.7 Å². The van der Waals surface area contributed by atoms with Crippen molar-refractivity contribution in [1.29, 1.82) is 0 Å². The van der Waals surface area contributed by atoms with E-state index in [0.717, 1.165) is 71.5 Å². The van der Waals surface area contributed by atoms with Crippen LogP contribution < -0.4 is 11.5 Å². The highest BCUT2D eigenvalue weighted by molar-refractivity contribution is 5.87. The number of rotatable bonds is 7. The summed E-state index contributed by atoms with van der Waals surface area (Å²) in [5.74, 6) is 0. The highest BCUT2D eigenvalue weighted by Crippen LogP contribution is 2.29. The largest absolute Gasteiger partial charge is 0.358 e. The molecule has 5 heterocycles. The third-order valence-corrected chi connectivity index (χ3v) is 7.37. The number of aromatic nitrogens is 8. The van der Waals surface area contributed by atoms with Crippen molar-refractivity contribution in [3.63, 3.8) is 0 Å². The Bertz CT molecular complexity index is 1740. The summed E-state index contributed by atoms with van der Waals surface area (Å²) < 4.78 is 7.90. The molecule has 214 valence electrons. The summed E-state index contributed by atoms with van der Waals surface area (Å²) >= 11 is 0. The van der Waals surface area contributed by atoms with Gasteiger partial charge in [-0.1, -0.05) is 48.5 Å². The third kappa shape index (κ3) is 5.89. The molecular weight excluding hydrogens is 528 g/mol. The fourth-order valence-electron chi connectivity index (χ4n) is 5.19. The van der Waals surface area contributed by atoms with Gasteiger partial charge in [0.1, 0.15) is 35.6 Å². The highest BCUT2D eigenvalue weighted by Gasteiger charge is 2.20. The van der Waals surface area contributed by atoms with Crippen LogP contribution in [0.4, 0.5) is 0 Å². The van der Waals surface area contributed by atoms with Gasteiger partial charge < -0.3 is 21.2 Å². The van der Waals surface area contributed by atoms with Crippen LogP contribution in [-0.4, -0.2) is 59.2 Å². The Hall–Kier alpha value is -4.58. The van der Waals surface area contributed by atoms with Crippen LogP contribution in [0.15, 0.2) is 73.8 Å². The molecule has 0 aliphatic carbocycles. The topological polar surface area (TPSA) is 159 Å². The van der Waals surface area contributed by atoms with Crippen LogP contribution in [0, 0.1) is 0 Å². The summed E-state index contributed by atoms with van der Waals surface area (Å²) in [6.45, 7) is 2.12. The SMILES string of the molecule is NCCc1ccc(-c2ncnc3c2ncn3C2CCCCO2)cc1.NCCc1ccc(-c2ncnc3nc[nH]c23)cc1. The standard InChI is InChI=1S/C18H21N5O.C13H13N5/c19-9-8-13-4-6-14(7-5-13)16-17-18(21-11-20-16)23(12-22-17)15-3-1-2-10-24-15;14-6-5-9-1-3-10(4-2-9)11-12-13(17-7-15-11)18-8-16-12/h4-7,11-12,15H,1-3,8-10,19H2;1-4,7-8H,5-6,14H2,(H,15,16,17,18). The lowest BCUT2D eigenvalue weighted by molar-refractivity contribution is -0.0298. The maximum atomic E-state index is 5.87. The van der Waals surface area contributed by atoms with Gasteiger partial charge in [-0.15, -0.1) is 0 Å².